The van der Waals surface area contributed by atoms with Crippen molar-refractivity contribution in [2.45, 2.75) is 20.0 Å². The summed E-state index contributed by atoms with van der Waals surface area (Å²) in [4.78, 5) is 8.38. The Labute approximate surface area is 121 Å². The van der Waals surface area contributed by atoms with Crippen LogP contribution in [0.25, 0.3) is 0 Å². The molecule has 0 unspecified atom stereocenters. The van der Waals surface area contributed by atoms with Crippen LogP contribution < -0.4 is 11.1 Å². The maximum Gasteiger partial charge on any atom is 0.170 e. The predicted molar refractivity (Wildman–Crippen MR) is 76.2 cm³/mol. The summed E-state index contributed by atoms with van der Waals surface area (Å²) >= 11 is 0. The summed E-state index contributed by atoms with van der Waals surface area (Å²) in [5.41, 5.74) is 8.29. The Morgan fingerprint density at radius 3 is 2.81 bits per heavy atom. The van der Waals surface area contributed by atoms with Gasteiger partial charge in [-0.05, 0) is 24.6 Å². The minimum absolute atomic E-state index is 0.124. The van der Waals surface area contributed by atoms with Crippen LogP contribution in [0.4, 0.5) is 4.39 Å². The molecule has 0 fully saturated rings. The number of amidine groups is 1. The number of aromatic nitrogens is 2. The fourth-order valence-electron chi connectivity index (χ4n) is 1.83. The molecule has 0 atom stereocenters. The molecule has 110 valence electrons. The first-order chi connectivity index (χ1) is 10.1. The van der Waals surface area contributed by atoms with Crippen LogP contribution in [0.5, 0.6) is 0 Å². The van der Waals surface area contributed by atoms with Gasteiger partial charge in [-0.3, -0.25) is 9.97 Å². The molecule has 0 saturated heterocycles. The molecule has 2 aromatic rings. The van der Waals surface area contributed by atoms with Gasteiger partial charge in [-0.25, -0.2) is 4.39 Å². The summed E-state index contributed by atoms with van der Waals surface area (Å²) in [6.07, 6.45) is 3.38. The number of nitrogens with zero attached hydrogens (tertiary/aromatic N) is 3. The zero-order chi connectivity index (χ0) is 15.2. The number of oxime groups is 1. The van der Waals surface area contributed by atoms with Crippen LogP contribution in [0.15, 0.2) is 35.7 Å². The van der Waals surface area contributed by atoms with Gasteiger partial charge in [-0.1, -0.05) is 11.2 Å². The van der Waals surface area contributed by atoms with Gasteiger partial charge in [0.2, 0.25) is 0 Å². The second kappa shape index (κ2) is 6.76. The van der Waals surface area contributed by atoms with Gasteiger partial charge >= 0.3 is 0 Å². The molecular formula is C14H16FN5O. The molecule has 21 heavy (non-hydrogen) atoms. The molecule has 0 amide bonds. The Morgan fingerprint density at radius 2 is 2.14 bits per heavy atom. The first-order valence-corrected chi connectivity index (χ1v) is 6.34. The molecule has 0 radical (unpaired) electrons. The smallest absolute Gasteiger partial charge is 0.170 e. The summed E-state index contributed by atoms with van der Waals surface area (Å²) in [5, 5.41) is 14.8. The first-order valence-electron chi connectivity index (χ1n) is 6.34. The highest BCUT2D eigenvalue weighted by atomic mass is 19.1. The van der Waals surface area contributed by atoms with E-state index in [1.54, 1.807) is 18.5 Å². The van der Waals surface area contributed by atoms with E-state index in [1.807, 2.05) is 6.92 Å². The minimum atomic E-state index is -0.440. The summed E-state index contributed by atoms with van der Waals surface area (Å²) in [7, 11) is 0. The van der Waals surface area contributed by atoms with Crippen molar-refractivity contribution >= 4 is 5.84 Å². The van der Waals surface area contributed by atoms with Crippen molar-refractivity contribution in [2.24, 2.45) is 10.9 Å². The molecule has 0 aliphatic rings. The van der Waals surface area contributed by atoms with Crippen LogP contribution in [-0.2, 0) is 13.1 Å². The summed E-state index contributed by atoms with van der Waals surface area (Å²) in [6, 6.07) is 4.16. The molecule has 0 saturated carbocycles. The van der Waals surface area contributed by atoms with Crippen molar-refractivity contribution in [1.82, 2.24) is 15.3 Å². The standard InChI is InChI=1S/C14H16FN5O/c1-9-5-19-12(8-18-9)7-17-6-10-2-3-11(15)4-13(10)14(16)20-21/h2-5,8,17,21H,6-7H2,1H3,(H2,16,20). The second-order valence-corrected chi connectivity index (χ2v) is 4.54. The molecule has 0 aliphatic heterocycles. The predicted octanol–water partition coefficient (Wildman–Crippen LogP) is 1.31. The number of nitrogens with two attached hydrogens (primary N) is 1. The quantitative estimate of drug-likeness (QED) is 0.334. The van der Waals surface area contributed by atoms with Gasteiger partial charge in [0.25, 0.3) is 0 Å². The van der Waals surface area contributed by atoms with Gasteiger partial charge in [0.05, 0.1) is 11.4 Å². The van der Waals surface area contributed by atoms with Crippen molar-refractivity contribution in [3.8, 4) is 0 Å². The van der Waals surface area contributed by atoms with Gasteiger partial charge in [0.1, 0.15) is 5.82 Å². The fraction of sp³-hybridized carbons (Fsp3) is 0.214. The van der Waals surface area contributed by atoms with Crippen molar-refractivity contribution in [3.05, 3.63) is 58.9 Å². The summed E-state index contributed by atoms with van der Waals surface area (Å²) < 4.78 is 13.2. The Morgan fingerprint density at radius 1 is 1.33 bits per heavy atom. The highest BCUT2D eigenvalue weighted by Gasteiger charge is 2.08. The Balaban J connectivity index is 2.04. The van der Waals surface area contributed by atoms with E-state index in [1.165, 1.54) is 12.1 Å². The summed E-state index contributed by atoms with van der Waals surface area (Å²) in [5.74, 6) is -0.564. The highest BCUT2D eigenvalue weighted by Crippen LogP contribution is 2.11. The largest absolute Gasteiger partial charge is 0.409 e. The minimum Gasteiger partial charge on any atom is -0.409 e. The SMILES string of the molecule is Cc1cnc(CNCc2ccc(F)cc2C(N)=NO)cn1. The lowest BCUT2D eigenvalue weighted by Gasteiger charge is -2.09. The van der Waals surface area contributed by atoms with E-state index in [4.69, 9.17) is 10.9 Å². The molecule has 6 nitrogen and oxygen atoms in total. The maximum absolute atomic E-state index is 13.2. The van der Waals surface area contributed by atoms with E-state index < -0.39 is 5.82 Å². The molecule has 0 spiro atoms. The van der Waals surface area contributed by atoms with E-state index in [-0.39, 0.29) is 5.84 Å². The highest BCUT2D eigenvalue weighted by molar-refractivity contribution is 5.98. The molecule has 4 N–H and O–H groups in total. The summed E-state index contributed by atoms with van der Waals surface area (Å²) in [6.45, 7) is 2.81. The van der Waals surface area contributed by atoms with Gasteiger partial charge in [-0.2, -0.15) is 0 Å². The zero-order valence-electron chi connectivity index (χ0n) is 11.5. The normalized spacial score (nSPS) is 11.6. The third kappa shape index (κ3) is 3.96. The van der Waals surface area contributed by atoms with Crippen LogP contribution in [0.2, 0.25) is 0 Å². The van der Waals surface area contributed by atoms with Crippen molar-refractivity contribution in [3.63, 3.8) is 0 Å². The monoisotopic (exact) mass is 289 g/mol. The topological polar surface area (TPSA) is 96.4 Å². The molecule has 1 heterocycles. The second-order valence-electron chi connectivity index (χ2n) is 4.54. The first kappa shape index (κ1) is 14.9. The van der Waals surface area contributed by atoms with E-state index in [0.29, 0.717) is 18.7 Å². The molecule has 0 aliphatic carbocycles. The average Bonchev–Trinajstić information content (AvgIpc) is 2.50. The van der Waals surface area contributed by atoms with Gasteiger partial charge in [0.15, 0.2) is 5.84 Å². The molecule has 1 aromatic heterocycles. The molecule has 0 bridgehead atoms. The molecular weight excluding hydrogens is 273 g/mol. The van der Waals surface area contributed by atoms with Crippen LogP contribution in [-0.4, -0.2) is 21.0 Å². The lowest BCUT2D eigenvalue weighted by atomic mass is 10.1. The lowest BCUT2D eigenvalue weighted by molar-refractivity contribution is 0.318. The Hall–Kier alpha value is -2.54. The average molecular weight is 289 g/mol. The Kier molecular flexibility index (Phi) is 4.78. The number of aryl methyl sites for hydroxylation is 1. The van der Waals surface area contributed by atoms with E-state index in [2.05, 4.69) is 20.4 Å². The zero-order valence-corrected chi connectivity index (χ0v) is 11.5. The van der Waals surface area contributed by atoms with E-state index >= 15 is 0 Å². The van der Waals surface area contributed by atoms with Crippen LogP contribution in [0.1, 0.15) is 22.5 Å². The number of benzene rings is 1. The van der Waals surface area contributed by atoms with E-state index in [9.17, 15) is 4.39 Å². The van der Waals surface area contributed by atoms with Crippen LogP contribution in [0.3, 0.4) is 0 Å². The molecule has 2 rings (SSSR count). The maximum atomic E-state index is 13.2. The van der Waals surface area contributed by atoms with Crippen molar-refractivity contribution in [1.29, 1.82) is 0 Å². The van der Waals surface area contributed by atoms with Crippen LogP contribution in [0, 0.1) is 12.7 Å². The number of hydrogen-bond acceptors (Lipinski definition) is 5. The number of nitrogens with one attached hydrogen (secondary N) is 1. The van der Waals surface area contributed by atoms with Crippen LogP contribution >= 0.6 is 0 Å². The number of rotatable bonds is 5. The van der Waals surface area contributed by atoms with Gasteiger partial charge < -0.3 is 16.3 Å². The molecule has 1 aromatic carbocycles. The lowest BCUT2D eigenvalue weighted by Crippen LogP contribution is -2.20. The van der Waals surface area contributed by atoms with Crippen molar-refractivity contribution < 1.29 is 9.60 Å². The fourth-order valence-corrected chi connectivity index (χ4v) is 1.83. The molecule has 7 heteroatoms. The Bertz CT molecular complexity index is 642. The number of hydrogen-bond donors (Lipinski definition) is 3. The van der Waals surface area contributed by atoms with E-state index in [0.717, 1.165) is 17.0 Å². The third-order valence-corrected chi connectivity index (χ3v) is 2.91. The van der Waals surface area contributed by atoms with Crippen molar-refractivity contribution in [2.75, 3.05) is 0 Å². The number of halogens is 1. The van der Waals surface area contributed by atoms with Gasteiger partial charge in [-0.15, -0.1) is 0 Å². The van der Waals surface area contributed by atoms with Gasteiger partial charge in [0, 0.05) is 31.0 Å². The third-order valence-electron chi connectivity index (χ3n) is 2.91.